The number of anilines is 3. The molecule has 3 aromatic rings. The summed E-state index contributed by atoms with van der Waals surface area (Å²) in [5.41, 5.74) is 2.30. The van der Waals surface area contributed by atoms with Crippen LogP contribution in [-0.4, -0.2) is 47.0 Å². The predicted molar refractivity (Wildman–Crippen MR) is 113 cm³/mol. The number of furan rings is 1. The van der Waals surface area contributed by atoms with Gasteiger partial charge in [-0.1, -0.05) is 26.0 Å². The lowest BCUT2D eigenvalue weighted by atomic mass is 10.0. The number of hydrogen-bond donors (Lipinski definition) is 1. The molecule has 150 valence electrons. The third-order valence-corrected chi connectivity index (χ3v) is 5.13. The topological polar surface area (TPSA) is 74.5 Å². The second-order valence-electron chi connectivity index (χ2n) is 7.42. The van der Waals surface area contributed by atoms with Crippen LogP contribution in [0.3, 0.4) is 0 Å². The van der Waals surface area contributed by atoms with Gasteiger partial charge in [0.05, 0.1) is 6.26 Å². The van der Waals surface area contributed by atoms with E-state index in [-0.39, 0.29) is 5.91 Å². The Balaban J connectivity index is 1.38. The SMILES string of the molecule is CC(C)c1ccc(Nc2cc(N3CCN(C(=O)c4ccco4)CC3)ncn2)cc1. The number of nitrogens with zero attached hydrogens (tertiary/aromatic N) is 4. The van der Waals surface area contributed by atoms with Gasteiger partial charge < -0.3 is 19.5 Å². The van der Waals surface area contributed by atoms with Crippen LogP contribution in [0.2, 0.25) is 0 Å². The molecule has 4 rings (SSSR count). The van der Waals surface area contributed by atoms with Crippen LogP contribution in [0.4, 0.5) is 17.3 Å². The minimum Gasteiger partial charge on any atom is -0.459 e. The Morgan fingerprint density at radius 1 is 1.07 bits per heavy atom. The first-order valence-electron chi connectivity index (χ1n) is 9.87. The Bertz CT molecular complexity index is 946. The molecule has 7 heteroatoms. The molecule has 0 aliphatic carbocycles. The number of amides is 1. The van der Waals surface area contributed by atoms with Crippen LogP contribution in [0.1, 0.15) is 35.9 Å². The summed E-state index contributed by atoms with van der Waals surface area (Å²) >= 11 is 0. The van der Waals surface area contributed by atoms with Gasteiger partial charge in [-0.25, -0.2) is 9.97 Å². The summed E-state index contributed by atoms with van der Waals surface area (Å²) < 4.78 is 5.22. The molecule has 1 saturated heterocycles. The van der Waals surface area contributed by atoms with Crippen molar-refractivity contribution in [3.63, 3.8) is 0 Å². The molecule has 1 amide bonds. The highest BCUT2D eigenvalue weighted by atomic mass is 16.3. The first-order valence-corrected chi connectivity index (χ1v) is 9.87. The monoisotopic (exact) mass is 391 g/mol. The molecule has 1 aromatic carbocycles. The molecule has 2 aromatic heterocycles. The Morgan fingerprint density at radius 3 is 2.48 bits per heavy atom. The van der Waals surface area contributed by atoms with Gasteiger partial charge in [-0.3, -0.25) is 4.79 Å². The van der Waals surface area contributed by atoms with Crippen molar-refractivity contribution in [1.29, 1.82) is 0 Å². The second kappa shape index (κ2) is 8.34. The average Bonchev–Trinajstić information content (AvgIpc) is 3.29. The summed E-state index contributed by atoms with van der Waals surface area (Å²) in [6.07, 6.45) is 3.09. The van der Waals surface area contributed by atoms with E-state index in [4.69, 9.17) is 4.42 Å². The number of aromatic nitrogens is 2. The molecule has 29 heavy (non-hydrogen) atoms. The standard InChI is InChI=1S/C22H25N5O2/c1-16(2)17-5-7-18(8-6-17)25-20-14-21(24-15-23-20)26-9-11-27(12-10-26)22(28)19-4-3-13-29-19/h3-8,13-16H,9-12H2,1-2H3,(H,23,24,25). The van der Waals surface area contributed by atoms with Crippen LogP contribution in [0, 0.1) is 0 Å². The zero-order chi connectivity index (χ0) is 20.2. The molecule has 1 fully saturated rings. The van der Waals surface area contributed by atoms with Crippen molar-refractivity contribution in [2.45, 2.75) is 19.8 Å². The van der Waals surface area contributed by atoms with Crippen molar-refractivity contribution in [1.82, 2.24) is 14.9 Å². The Labute approximate surface area is 170 Å². The highest BCUT2D eigenvalue weighted by Crippen LogP contribution is 2.22. The average molecular weight is 391 g/mol. The number of carbonyl (C=O) groups excluding carboxylic acids is 1. The van der Waals surface area contributed by atoms with Crippen molar-refractivity contribution >= 4 is 23.2 Å². The lowest BCUT2D eigenvalue weighted by Gasteiger charge is -2.35. The smallest absolute Gasteiger partial charge is 0.289 e. The number of carbonyl (C=O) groups is 1. The third-order valence-electron chi connectivity index (χ3n) is 5.13. The maximum Gasteiger partial charge on any atom is 0.289 e. The summed E-state index contributed by atoms with van der Waals surface area (Å²) in [4.78, 5) is 25.1. The molecule has 0 spiro atoms. The van der Waals surface area contributed by atoms with Gasteiger partial charge >= 0.3 is 0 Å². The maximum absolute atomic E-state index is 12.4. The van der Waals surface area contributed by atoms with Crippen LogP contribution in [0.5, 0.6) is 0 Å². The molecule has 1 aliphatic heterocycles. The van der Waals surface area contributed by atoms with Crippen molar-refractivity contribution in [3.05, 3.63) is 66.4 Å². The van der Waals surface area contributed by atoms with E-state index in [0.717, 1.165) is 17.3 Å². The van der Waals surface area contributed by atoms with E-state index in [2.05, 4.69) is 58.3 Å². The molecule has 7 nitrogen and oxygen atoms in total. The zero-order valence-corrected chi connectivity index (χ0v) is 16.7. The lowest BCUT2D eigenvalue weighted by Crippen LogP contribution is -2.49. The molecular formula is C22H25N5O2. The molecule has 0 unspecified atom stereocenters. The lowest BCUT2D eigenvalue weighted by molar-refractivity contribution is 0.0714. The number of hydrogen-bond acceptors (Lipinski definition) is 6. The number of piperazine rings is 1. The van der Waals surface area contributed by atoms with E-state index >= 15 is 0 Å². The molecule has 3 heterocycles. The number of rotatable bonds is 5. The minimum atomic E-state index is -0.0652. The number of benzene rings is 1. The summed E-state index contributed by atoms with van der Waals surface area (Å²) in [5.74, 6) is 2.43. The molecule has 1 N–H and O–H groups in total. The van der Waals surface area contributed by atoms with E-state index in [0.29, 0.717) is 37.9 Å². The highest BCUT2D eigenvalue weighted by Gasteiger charge is 2.24. The maximum atomic E-state index is 12.4. The normalized spacial score (nSPS) is 14.3. The van der Waals surface area contributed by atoms with Crippen LogP contribution in [0.15, 0.2) is 59.5 Å². The van der Waals surface area contributed by atoms with Gasteiger partial charge in [0.25, 0.3) is 5.91 Å². The quantitative estimate of drug-likeness (QED) is 0.711. The van der Waals surface area contributed by atoms with Gasteiger partial charge in [-0.2, -0.15) is 0 Å². The van der Waals surface area contributed by atoms with Gasteiger partial charge in [0, 0.05) is 37.9 Å². The fraction of sp³-hybridized carbons (Fsp3) is 0.318. The second-order valence-corrected chi connectivity index (χ2v) is 7.42. The molecule has 0 radical (unpaired) electrons. The third kappa shape index (κ3) is 4.39. The van der Waals surface area contributed by atoms with Gasteiger partial charge in [0.2, 0.25) is 0 Å². The molecule has 1 aliphatic rings. The summed E-state index contributed by atoms with van der Waals surface area (Å²) in [6.45, 7) is 7.05. The Hall–Kier alpha value is -3.35. The van der Waals surface area contributed by atoms with Crippen molar-refractivity contribution in [2.75, 3.05) is 36.4 Å². The van der Waals surface area contributed by atoms with Crippen LogP contribution in [-0.2, 0) is 0 Å². The van der Waals surface area contributed by atoms with Crippen LogP contribution >= 0.6 is 0 Å². The van der Waals surface area contributed by atoms with Crippen molar-refractivity contribution in [3.8, 4) is 0 Å². The van der Waals surface area contributed by atoms with E-state index in [1.807, 2.05) is 11.0 Å². The van der Waals surface area contributed by atoms with Gasteiger partial charge in [0.15, 0.2) is 5.76 Å². The summed E-state index contributed by atoms with van der Waals surface area (Å²) in [5, 5.41) is 3.34. The number of nitrogens with one attached hydrogen (secondary N) is 1. The highest BCUT2D eigenvalue weighted by molar-refractivity contribution is 5.91. The summed E-state index contributed by atoms with van der Waals surface area (Å²) in [6, 6.07) is 13.8. The zero-order valence-electron chi connectivity index (χ0n) is 16.7. The minimum absolute atomic E-state index is 0.0652. The largest absolute Gasteiger partial charge is 0.459 e. The van der Waals surface area contributed by atoms with Gasteiger partial charge in [-0.05, 0) is 35.7 Å². The first kappa shape index (κ1) is 19.0. The van der Waals surface area contributed by atoms with Crippen LogP contribution in [0.25, 0.3) is 0 Å². The summed E-state index contributed by atoms with van der Waals surface area (Å²) in [7, 11) is 0. The predicted octanol–water partition coefficient (Wildman–Crippen LogP) is 3.90. The Kier molecular flexibility index (Phi) is 5.46. The van der Waals surface area contributed by atoms with E-state index in [1.54, 1.807) is 18.5 Å². The van der Waals surface area contributed by atoms with Gasteiger partial charge in [-0.15, -0.1) is 0 Å². The van der Waals surface area contributed by atoms with E-state index in [1.165, 1.54) is 11.8 Å². The van der Waals surface area contributed by atoms with E-state index < -0.39 is 0 Å². The molecule has 0 saturated carbocycles. The first-order chi connectivity index (χ1) is 14.1. The van der Waals surface area contributed by atoms with Crippen LogP contribution < -0.4 is 10.2 Å². The molecule has 0 atom stereocenters. The van der Waals surface area contributed by atoms with E-state index in [9.17, 15) is 4.79 Å². The Morgan fingerprint density at radius 2 is 1.83 bits per heavy atom. The van der Waals surface area contributed by atoms with Crippen molar-refractivity contribution in [2.24, 2.45) is 0 Å². The van der Waals surface area contributed by atoms with Gasteiger partial charge in [0.1, 0.15) is 18.0 Å². The molecular weight excluding hydrogens is 366 g/mol. The fourth-order valence-electron chi connectivity index (χ4n) is 3.38. The molecule has 0 bridgehead atoms. The van der Waals surface area contributed by atoms with Crippen molar-refractivity contribution < 1.29 is 9.21 Å². The fourth-order valence-corrected chi connectivity index (χ4v) is 3.38.